The fraction of sp³-hybridized carbons (Fsp3) is 0.714. The molecule has 1 fully saturated rings. The van der Waals surface area contributed by atoms with Gasteiger partial charge in [0.2, 0.25) is 0 Å². The molecular weight excluding hydrogens is 240 g/mol. The minimum Gasteiger partial charge on any atom is -0.384 e. The quantitative estimate of drug-likeness (QED) is 0.846. The Morgan fingerprint density at radius 3 is 2.58 bits per heavy atom. The summed E-state index contributed by atoms with van der Waals surface area (Å²) in [5.74, 6) is 2.07. The van der Waals surface area contributed by atoms with Crippen molar-refractivity contribution in [3.8, 4) is 0 Å². The Balaban J connectivity index is 2.14. The summed E-state index contributed by atoms with van der Waals surface area (Å²) in [6.07, 6.45) is 7.79. The molecule has 0 unspecified atom stereocenters. The normalized spacial score (nSPS) is 17.2. The minimum absolute atomic E-state index is 0.399. The first-order valence-corrected chi connectivity index (χ1v) is 7.06. The molecular formula is C14H24N4O. The molecule has 1 aromatic heterocycles. The van der Waals surface area contributed by atoms with Crippen molar-refractivity contribution in [2.45, 2.75) is 51.2 Å². The van der Waals surface area contributed by atoms with Crippen LogP contribution in [0.4, 0.5) is 11.6 Å². The lowest BCUT2D eigenvalue weighted by Crippen LogP contribution is -2.32. The van der Waals surface area contributed by atoms with Crippen molar-refractivity contribution in [2.75, 3.05) is 24.8 Å². The third kappa shape index (κ3) is 3.80. The molecule has 1 heterocycles. The Morgan fingerprint density at radius 1 is 1.26 bits per heavy atom. The molecule has 1 saturated carbocycles. The summed E-state index contributed by atoms with van der Waals surface area (Å²) >= 11 is 0. The molecule has 0 amide bonds. The highest BCUT2D eigenvalue weighted by Crippen LogP contribution is 2.25. The molecule has 1 aliphatic rings. The third-order valence-corrected chi connectivity index (χ3v) is 3.79. The second kappa shape index (κ2) is 6.70. The Bertz CT molecular complexity index is 402. The number of methoxy groups -OCH3 is 1. The Kier molecular flexibility index (Phi) is 4.96. The lowest BCUT2D eigenvalue weighted by molar-refractivity contribution is 0.178. The Morgan fingerprint density at radius 2 is 1.95 bits per heavy atom. The van der Waals surface area contributed by atoms with Gasteiger partial charge in [-0.15, -0.1) is 0 Å². The van der Waals surface area contributed by atoms with E-state index in [0.717, 1.165) is 5.82 Å². The lowest BCUT2D eigenvalue weighted by atomic mass is 10.1. The molecule has 0 bridgehead atoms. The first-order chi connectivity index (χ1) is 9.20. The van der Waals surface area contributed by atoms with Gasteiger partial charge < -0.3 is 15.4 Å². The van der Waals surface area contributed by atoms with Crippen LogP contribution in [0.2, 0.25) is 0 Å². The van der Waals surface area contributed by atoms with Crippen LogP contribution in [-0.2, 0) is 11.3 Å². The van der Waals surface area contributed by atoms with E-state index in [9.17, 15) is 0 Å². The van der Waals surface area contributed by atoms with Gasteiger partial charge in [0.05, 0.1) is 0 Å². The van der Waals surface area contributed by atoms with Gasteiger partial charge >= 0.3 is 0 Å². The monoisotopic (exact) mass is 264 g/mol. The van der Waals surface area contributed by atoms with Crippen molar-refractivity contribution < 1.29 is 4.74 Å². The van der Waals surface area contributed by atoms with Gasteiger partial charge in [-0.2, -0.15) is 0 Å². The second-order valence-electron chi connectivity index (χ2n) is 5.26. The second-order valence-corrected chi connectivity index (χ2v) is 5.26. The molecule has 0 saturated heterocycles. The highest BCUT2D eigenvalue weighted by atomic mass is 16.5. The molecule has 0 radical (unpaired) electrons. The highest BCUT2D eigenvalue weighted by molar-refractivity contribution is 5.47. The SMILES string of the molecule is COCc1nc(N)cc(N(C)C2CCCCCC2)n1. The molecule has 0 atom stereocenters. The van der Waals surface area contributed by atoms with Gasteiger partial charge in [-0.3, -0.25) is 0 Å². The fourth-order valence-corrected chi connectivity index (χ4v) is 2.71. The number of nitrogens with zero attached hydrogens (tertiary/aromatic N) is 3. The molecule has 19 heavy (non-hydrogen) atoms. The van der Waals surface area contributed by atoms with Gasteiger partial charge in [-0.25, -0.2) is 9.97 Å². The van der Waals surface area contributed by atoms with Crippen LogP contribution in [0.15, 0.2) is 6.07 Å². The maximum atomic E-state index is 5.85. The molecule has 0 aliphatic heterocycles. The van der Waals surface area contributed by atoms with Gasteiger partial charge in [-0.05, 0) is 12.8 Å². The van der Waals surface area contributed by atoms with Crippen LogP contribution < -0.4 is 10.6 Å². The molecule has 2 rings (SSSR count). The number of ether oxygens (including phenoxy) is 1. The van der Waals surface area contributed by atoms with Gasteiger partial charge in [-0.1, -0.05) is 25.7 Å². The third-order valence-electron chi connectivity index (χ3n) is 3.79. The number of aromatic nitrogens is 2. The number of nitrogen functional groups attached to an aromatic ring is 1. The van der Waals surface area contributed by atoms with Gasteiger partial charge in [0, 0.05) is 26.3 Å². The standard InChI is InChI=1S/C14H24N4O/c1-18(11-7-5-3-4-6-8-11)14-9-12(15)16-13(17-14)10-19-2/h9,11H,3-8,10H2,1-2H3,(H2,15,16,17). The first kappa shape index (κ1) is 14.1. The highest BCUT2D eigenvalue weighted by Gasteiger charge is 2.19. The van der Waals surface area contributed by atoms with E-state index in [1.54, 1.807) is 7.11 Å². The average molecular weight is 264 g/mol. The zero-order valence-electron chi connectivity index (χ0n) is 11.9. The maximum Gasteiger partial charge on any atom is 0.158 e. The van der Waals surface area contributed by atoms with Gasteiger partial charge in [0.1, 0.15) is 18.2 Å². The number of hydrogen-bond acceptors (Lipinski definition) is 5. The van der Waals surface area contributed by atoms with Crippen LogP contribution in [0.3, 0.4) is 0 Å². The van der Waals surface area contributed by atoms with Crippen molar-refractivity contribution in [3.05, 3.63) is 11.9 Å². The molecule has 2 N–H and O–H groups in total. The first-order valence-electron chi connectivity index (χ1n) is 7.06. The van der Waals surface area contributed by atoms with Gasteiger partial charge in [0.15, 0.2) is 5.82 Å². The van der Waals surface area contributed by atoms with Crippen LogP contribution in [0.5, 0.6) is 0 Å². The zero-order chi connectivity index (χ0) is 13.7. The summed E-state index contributed by atoms with van der Waals surface area (Å²) in [4.78, 5) is 11.0. The van der Waals surface area contributed by atoms with Crippen molar-refractivity contribution in [1.29, 1.82) is 0 Å². The van der Waals surface area contributed by atoms with Crippen LogP contribution in [0.25, 0.3) is 0 Å². The molecule has 0 aromatic carbocycles. The largest absolute Gasteiger partial charge is 0.384 e. The lowest BCUT2D eigenvalue weighted by Gasteiger charge is -2.28. The van der Waals surface area contributed by atoms with Crippen molar-refractivity contribution in [3.63, 3.8) is 0 Å². The molecule has 5 heteroatoms. The minimum atomic E-state index is 0.399. The summed E-state index contributed by atoms with van der Waals surface area (Å²) in [6.45, 7) is 0.399. The smallest absolute Gasteiger partial charge is 0.158 e. The van der Waals surface area contributed by atoms with Crippen molar-refractivity contribution >= 4 is 11.6 Å². The predicted molar refractivity (Wildman–Crippen MR) is 77.1 cm³/mol. The van der Waals surface area contributed by atoms with Crippen molar-refractivity contribution in [1.82, 2.24) is 9.97 Å². The van der Waals surface area contributed by atoms with E-state index < -0.39 is 0 Å². The summed E-state index contributed by atoms with van der Waals surface area (Å²) < 4.78 is 5.08. The van der Waals surface area contributed by atoms with Crippen LogP contribution in [0, 0.1) is 0 Å². The average Bonchev–Trinajstić information content (AvgIpc) is 2.66. The fourth-order valence-electron chi connectivity index (χ4n) is 2.71. The summed E-state index contributed by atoms with van der Waals surface area (Å²) in [6, 6.07) is 2.41. The van der Waals surface area contributed by atoms with E-state index in [2.05, 4.69) is 21.9 Å². The molecule has 106 valence electrons. The molecule has 5 nitrogen and oxygen atoms in total. The van der Waals surface area contributed by atoms with E-state index in [1.165, 1.54) is 38.5 Å². The number of anilines is 2. The number of hydrogen-bond donors (Lipinski definition) is 1. The molecule has 1 aromatic rings. The molecule has 1 aliphatic carbocycles. The van der Waals surface area contributed by atoms with Crippen molar-refractivity contribution in [2.24, 2.45) is 0 Å². The van der Waals surface area contributed by atoms with E-state index in [0.29, 0.717) is 24.3 Å². The Hall–Kier alpha value is -1.36. The number of nitrogens with two attached hydrogens (primary N) is 1. The van der Waals surface area contributed by atoms with Crippen LogP contribution >= 0.6 is 0 Å². The predicted octanol–water partition coefficient (Wildman–Crippen LogP) is 2.36. The summed E-state index contributed by atoms with van der Waals surface area (Å²) in [5, 5.41) is 0. The van der Waals surface area contributed by atoms with E-state index in [-0.39, 0.29) is 0 Å². The van der Waals surface area contributed by atoms with E-state index in [4.69, 9.17) is 10.5 Å². The summed E-state index contributed by atoms with van der Waals surface area (Å²) in [7, 11) is 3.75. The van der Waals surface area contributed by atoms with E-state index >= 15 is 0 Å². The topological polar surface area (TPSA) is 64.3 Å². The number of rotatable bonds is 4. The summed E-state index contributed by atoms with van der Waals surface area (Å²) in [5.41, 5.74) is 5.85. The van der Waals surface area contributed by atoms with Gasteiger partial charge in [0.25, 0.3) is 0 Å². The molecule has 0 spiro atoms. The van der Waals surface area contributed by atoms with E-state index in [1.807, 2.05) is 6.07 Å². The Labute approximate surface area is 115 Å². The van der Waals surface area contributed by atoms with Crippen LogP contribution in [0.1, 0.15) is 44.3 Å². The van der Waals surface area contributed by atoms with Crippen LogP contribution in [-0.4, -0.2) is 30.2 Å². The maximum absolute atomic E-state index is 5.85. The zero-order valence-corrected chi connectivity index (χ0v) is 11.9.